The molecule has 1 aliphatic carbocycles. The van der Waals surface area contributed by atoms with Crippen molar-refractivity contribution < 1.29 is 0 Å². The number of likely N-dealkylation sites (N-methyl/N-ethyl adjacent to an activating group) is 1. The first-order chi connectivity index (χ1) is 9.19. The third kappa shape index (κ3) is 4.75. The maximum atomic E-state index is 3.89. The van der Waals surface area contributed by atoms with Gasteiger partial charge < -0.3 is 5.32 Å². The van der Waals surface area contributed by atoms with Gasteiger partial charge in [0.1, 0.15) is 0 Å². The highest BCUT2D eigenvalue weighted by atomic mass is 15.2. The molecule has 0 bridgehead atoms. The first kappa shape index (κ1) is 15.3. The van der Waals surface area contributed by atoms with E-state index < -0.39 is 0 Å². The number of hydrogen-bond acceptors (Lipinski definition) is 2. The maximum absolute atomic E-state index is 3.89. The SMILES string of the molecule is CCN1CCCC1CNC1CCCC(CC(C)C)C1. The molecule has 2 rings (SSSR count). The summed E-state index contributed by atoms with van der Waals surface area (Å²) < 4.78 is 0. The summed E-state index contributed by atoms with van der Waals surface area (Å²) in [4.78, 5) is 2.65. The van der Waals surface area contributed by atoms with Crippen LogP contribution in [0.3, 0.4) is 0 Å². The third-order valence-corrected chi connectivity index (χ3v) is 5.13. The summed E-state index contributed by atoms with van der Waals surface area (Å²) in [6.07, 6.45) is 10.00. The first-order valence-corrected chi connectivity index (χ1v) is 8.66. The summed E-state index contributed by atoms with van der Waals surface area (Å²) in [7, 11) is 0. The Balaban J connectivity index is 1.70. The van der Waals surface area contributed by atoms with Gasteiger partial charge in [-0.25, -0.2) is 0 Å². The van der Waals surface area contributed by atoms with Gasteiger partial charge >= 0.3 is 0 Å². The third-order valence-electron chi connectivity index (χ3n) is 5.13. The van der Waals surface area contributed by atoms with Gasteiger partial charge in [-0.2, -0.15) is 0 Å². The van der Waals surface area contributed by atoms with Crippen LogP contribution in [0.25, 0.3) is 0 Å². The van der Waals surface area contributed by atoms with E-state index in [1.54, 1.807) is 0 Å². The number of nitrogens with one attached hydrogen (secondary N) is 1. The highest BCUT2D eigenvalue weighted by molar-refractivity contribution is 4.84. The van der Waals surface area contributed by atoms with Crippen LogP contribution >= 0.6 is 0 Å². The summed E-state index contributed by atoms with van der Waals surface area (Å²) in [6, 6.07) is 1.62. The topological polar surface area (TPSA) is 15.3 Å². The largest absolute Gasteiger partial charge is 0.312 e. The molecule has 0 aromatic rings. The zero-order chi connectivity index (χ0) is 13.7. The molecule has 0 aromatic heterocycles. The molecule has 3 unspecified atom stereocenters. The zero-order valence-corrected chi connectivity index (χ0v) is 13.3. The number of nitrogens with zero attached hydrogens (tertiary/aromatic N) is 1. The van der Waals surface area contributed by atoms with Crippen molar-refractivity contribution in [2.24, 2.45) is 11.8 Å². The lowest BCUT2D eigenvalue weighted by Crippen LogP contribution is -2.43. The fraction of sp³-hybridized carbons (Fsp3) is 1.00. The van der Waals surface area contributed by atoms with Crippen LogP contribution < -0.4 is 5.32 Å². The summed E-state index contributed by atoms with van der Waals surface area (Å²) in [5, 5.41) is 3.89. The summed E-state index contributed by atoms with van der Waals surface area (Å²) in [5.74, 6) is 1.85. The Morgan fingerprint density at radius 3 is 2.74 bits per heavy atom. The highest BCUT2D eigenvalue weighted by Gasteiger charge is 2.26. The van der Waals surface area contributed by atoms with Crippen LogP contribution in [0.1, 0.15) is 65.7 Å². The molecule has 1 aliphatic heterocycles. The molecular weight excluding hydrogens is 232 g/mol. The minimum absolute atomic E-state index is 0.803. The summed E-state index contributed by atoms with van der Waals surface area (Å²) >= 11 is 0. The molecule has 0 radical (unpaired) electrons. The van der Waals surface area contributed by atoms with E-state index in [-0.39, 0.29) is 0 Å². The average Bonchev–Trinajstić information content (AvgIpc) is 2.83. The van der Waals surface area contributed by atoms with Crippen molar-refractivity contribution in [2.75, 3.05) is 19.6 Å². The van der Waals surface area contributed by atoms with Gasteiger partial charge in [0.15, 0.2) is 0 Å². The fourth-order valence-corrected chi connectivity index (χ4v) is 4.20. The Morgan fingerprint density at radius 1 is 1.16 bits per heavy atom. The van der Waals surface area contributed by atoms with Gasteiger partial charge in [0.05, 0.1) is 0 Å². The molecule has 19 heavy (non-hydrogen) atoms. The minimum atomic E-state index is 0.803. The van der Waals surface area contributed by atoms with Crippen molar-refractivity contribution in [2.45, 2.75) is 77.8 Å². The number of hydrogen-bond donors (Lipinski definition) is 1. The Morgan fingerprint density at radius 2 is 2.00 bits per heavy atom. The lowest BCUT2D eigenvalue weighted by molar-refractivity contribution is 0.219. The normalized spacial score (nSPS) is 33.2. The Hall–Kier alpha value is -0.0800. The Labute approximate surface area is 120 Å². The van der Waals surface area contributed by atoms with Gasteiger partial charge in [0, 0.05) is 18.6 Å². The summed E-state index contributed by atoms with van der Waals surface area (Å²) in [6.45, 7) is 10.8. The van der Waals surface area contributed by atoms with Gasteiger partial charge in [-0.05, 0) is 57.0 Å². The standard InChI is InChI=1S/C17H34N2/c1-4-19-10-6-9-17(19)13-18-16-8-5-7-15(12-16)11-14(2)3/h14-18H,4-13H2,1-3H3. The highest BCUT2D eigenvalue weighted by Crippen LogP contribution is 2.29. The van der Waals surface area contributed by atoms with Crippen molar-refractivity contribution in [3.8, 4) is 0 Å². The number of likely N-dealkylation sites (tertiary alicyclic amines) is 1. The maximum Gasteiger partial charge on any atom is 0.0221 e. The van der Waals surface area contributed by atoms with E-state index in [1.807, 2.05) is 0 Å². The molecule has 0 amide bonds. The smallest absolute Gasteiger partial charge is 0.0221 e. The molecular formula is C17H34N2. The molecule has 112 valence electrons. The van der Waals surface area contributed by atoms with Crippen molar-refractivity contribution in [3.63, 3.8) is 0 Å². The molecule has 3 atom stereocenters. The fourth-order valence-electron chi connectivity index (χ4n) is 4.20. The summed E-state index contributed by atoms with van der Waals surface area (Å²) in [5.41, 5.74) is 0. The van der Waals surface area contributed by atoms with E-state index in [0.717, 1.165) is 23.9 Å². The molecule has 1 saturated carbocycles. The van der Waals surface area contributed by atoms with Gasteiger partial charge in [0.2, 0.25) is 0 Å². The van der Waals surface area contributed by atoms with Crippen LogP contribution in [-0.2, 0) is 0 Å². The molecule has 2 heteroatoms. The molecule has 1 saturated heterocycles. The molecule has 0 aromatic carbocycles. The van der Waals surface area contributed by atoms with Gasteiger partial charge in [-0.15, -0.1) is 0 Å². The van der Waals surface area contributed by atoms with Crippen LogP contribution in [0.4, 0.5) is 0 Å². The molecule has 2 aliphatic rings. The van der Waals surface area contributed by atoms with E-state index in [4.69, 9.17) is 0 Å². The van der Waals surface area contributed by atoms with Crippen molar-refractivity contribution in [1.29, 1.82) is 0 Å². The molecule has 1 heterocycles. The van der Waals surface area contributed by atoms with Crippen molar-refractivity contribution >= 4 is 0 Å². The number of rotatable bonds is 6. The van der Waals surface area contributed by atoms with Crippen molar-refractivity contribution in [1.82, 2.24) is 10.2 Å². The second-order valence-electron chi connectivity index (χ2n) is 7.19. The quantitative estimate of drug-likeness (QED) is 0.789. The van der Waals surface area contributed by atoms with Crippen LogP contribution in [0.5, 0.6) is 0 Å². The van der Waals surface area contributed by atoms with E-state index >= 15 is 0 Å². The Kier molecular flexibility index (Phi) is 6.15. The zero-order valence-electron chi connectivity index (χ0n) is 13.3. The second-order valence-corrected chi connectivity index (χ2v) is 7.19. The lowest BCUT2D eigenvalue weighted by atomic mass is 9.81. The van der Waals surface area contributed by atoms with Crippen LogP contribution in [0.15, 0.2) is 0 Å². The van der Waals surface area contributed by atoms with Crippen LogP contribution in [0, 0.1) is 11.8 Å². The monoisotopic (exact) mass is 266 g/mol. The minimum Gasteiger partial charge on any atom is -0.312 e. The lowest BCUT2D eigenvalue weighted by Gasteiger charge is -2.32. The van der Waals surface area contributed by atoms with E-state index in [1.165, 1.54) is 64.6 Å². The average molecular weight is 266 g/mol. The van der Waals surface area contributed by atoms with Crippen LogP contribution in [0.2, 0.25) is 0 Å². The molecule has 2 fully saturated rings. The second kappa shape index (κ2) is 7.64. The predicted octanol–water partition coefficient (Wildman–Crippen LogP) is 3.67. The van der Waals surface area contributed by atoms with Gasteiger partial charge in [-0.3, -0.25) is 4.90 Å². The van der Waals surface area contributed by atoms with Crippen molar-refractivity contribution in [3.05, 3.63) is 0 Å². The van der Waals surface area contributed by atoms with Crippen LogP contribution in [-0.4, -0.2) is 36.6 Å². The molecule has 1 N–H and O–H groups in total. The molecule has 2 nitrogen and oxygen atoms in total. The Bertz CT molecular complexity index is 252. The van der Waals surface area contributed by atoms with E-state index in [9.17, 15) is 0 Å². The van der Waals surface area contributed by atoms with Gasteiger partial charge in [-0.1, -0.05) is 33.6 Å². The predicted molar refractivity (Wildman–Crippen MR) is 83.5 cm³/mol. The van der Waals surface area contributed by atoms with E-state index in [0.29, 0.717) is 0 Å². The molecule has 0 spiro atoms. The van der Waals surface area contributed by atoms with Gasteiger partial charge in [0.25, 0.3) is 0 Å². The first-order valence-electron chi connectivity index (χ1n) is 8.66. The van der Waals surface area contributed by atoms with E-state index in [2.05, 4.69) is 31.0 Å².